The standard InChI is InChI=1S/C7H15NO3/c1-5(2)3-8-6(4-9)7(10)11/h5-6,8-9H,3-4H2,1-2H3,(H,10,11)/t6-/m0/s1. The molecule has 11 heavy (non-hydrogen) atoms. The topological polar surface area (TPSA) is 69.6 Å². The molecular formula is C7H15NO3. The van der Waals surface area contributed by atoms with Gasteiger partial charge >= 0.3 is 5.97 Å². The predicted molar refractivity (Wildman–Crippen MR) is 41.4 cm³/mol. The number of aliphatic hydroxyl groups is 1. The van der Waals surface area contributed by atoms with Crippen molar-refractivity contribution in [3.05, 3.63) is 0 Å². The molecule has 0 fully saturated rings. The van der Waals surface area contributed by atoms with E-state index < -0.39 is 12.0 Å². The van der Waals surface area contributed by atoms with Crippen molar-refractivity contribution < 1.29 is 15.0 Å². The minimum atomic E-state index is -1.01. The summed E-state index contributed by atoms with van der Waals surface area (Å²) in [4.78, 5) is 10.3. The highest BCUT2D eigenvalue weighted by molar-refractivity contribution is 5.73. The minimum Gasteiger partial charge on any atom is -0.480 e. The quantitative estimate of drug-likeness (QED) is 0.516. The van der Waals surface area contributed by atoms with Crippen LogP contribution in [0.5, 0.6) is 0 Å². The molecular weight excluding hydrogens is 146 g/mol. The van der Waals surface area contributed by atoms with E-state index in [4.69, 9.17) is 10.2 Å². The fourth-order valence-electron chi connectivity index (χ4n) is 0.608. The molecule has 0 saturated heterocycles. The largest absolute Gasteiger partial charge is 0.480 e. The molecule has 0 heterocycles. The number of aliphatic carboxylic acids is 1. The number of carboxylic acids is 1. The molecule has 0 aromatic carbocycles. The van der Waals surface area contributed by atoms with Gasteiger partial charge in [0.05, 0.1) is 6.61 Å². The van der Waals surface area contributed by atoms with Crippen molar-refractivity contribution in [1.82, 2.24) is 5.32 Å². The lowest BCUT2D eigenvalue weighted by Crippen LogP contribution is -2.41. The van der Waals surface area contributed by atoms with E-state index in [1.54, 1.807) is 0 Å². The maximum atomic E-state index is 10.3. The highest BCUT2D eigenvalue weighted by atomic mass is 16.4. The minimum absolute atomic E-state index is 0.359. The third-order valence-corrected chi connectivity index (χ3v) is 1.25. The number of rotatable bonds is 5. The highest BCUT2D eigenvalue weighted by Crippen LogP contribution is 1.89. The highest BCUT2D eigenvalue weighted by Gasteiger charge is 2.14. The van der Waals surface area contributed by atoms with Crippen molar-refractivity contribution in [3.63, 3.8) is 0 Å². The van der Waals surface area contributed by atoms with Gasteiger partial charge in [-0.25, -0.2) is 0 Å². The normalized spacial score (nSPS) is 13.5. The Bertz CT molecular complexity index is 125. The number of carboxylic acid groups (broad SMARTS) is 1. The summed E-state index contributed by atoms with van der Waals surface area (Å²) in [6.07, 6.45) is 0. The molecule has 0 aliphatic heterocycles. The van der Waals surface area contributed by atoms with Crippen LogP contribution in [0.25, 0.3) is 0 Å². The summed E-state index contributed by atoms with van der Waals surface area (Å²) in [6, 6.07) is -0.822. The molecule has 0 aliphatic carbocycles. The van der Waals surface area contributed by atoms with E-state index in [2.05, 4.69) is 5.32 Å². The number of hydrogen-bond acceptors (Lipinski definition) is 3. The first-order valence-corrected chi connectivity index (χ1v) is 3.65. The summed E-state index contributed by atoms with van der Waals surface area (Å²) in [6.45, 7) is 4.20. The summed E-state index contributed by atoms with van der Waals surface area (Å²) >= 11 is 0. The SMILES string of the molecule is CC(C)CN[C@@H](CO)C(=O)O. The molecule has 0 radical (unpaired) electrons. The van der Waals surface area contributed by atoms with Crippen LogP contribution in [0, 0.1) is 5.92 Å². The van der Waals surface area contributed by atoms with Crippen LogP contribution in [0.3, 0.4) is 0 Å². The number of carbonyl (C=O) groups is 1. The van der Waals surface area contributed by atoms with Crippen molar-refractivity contribution >= 4 is 5.97 Å². The molecule has 0 aromatic heterocycles. The second-order valence-corrected chi connectivity index (χ2v) is 2.88. The molecule has 4 nitrogen and oxygen atoms in total. The van der Waals surface area contributed by atoms with Crippen LogP contribution in [0.1, 0.15) is 13.8 Å². The lowest BCUT2D eigenvalue weighted by Gasteiger charge is -2.12. The van der Waals surface area contributed by atoms with Gasteiger partial charge in [0, 0.05) is 0 Å². The zero-order valence-corrected chi connectivity index (χ0v) is 6.87. The average Bonchev–Trinajstić information content (AvgIpc) is 1.87. The average molecular weight is 161 g/mol. The van der Waals surface area contributed by atoms with Crippen LogP contribution in [0.4, 0.5) is 0 Å². The van der Waals surface area contributed by atoms with Crippen LogP contribution in [0.15, 0.2) is 0 Å². The molecule has 0 bridgehead atoms. The molecule has 3 N–H and O–H groups in total. The first-order valence-electron chi connectivity index (χ1n) is 3.65. The third kappa shape index (κ3) is 4.75. The lowest BCUT2D eigenvalue weighted by molar-refractivity contribution is -0.140. The van der Waals surface area contributed by atoms with E-state index in [0.29, 0.717) is 12.5 Å². The second kappa shape index (κ2) is 5.09. The Hall–Kier alpha value is -0.610. The van der Waals surface area contributed by atoms with E-state index in [9.17, 15) is 4.79 Å². The molecule has 0 unspecified atom stereocenters. The van der Waals surface area contributed by atoms with Gasteiger partial charge in [-0.1, -0.05) is 13.8 Å². The van der Waals surface area contributed by atoms with Gasteiger partial charge in [-0.2, -0.15) is 0 Å². The van der Waals surface area contributed by atoms with E-state index in [1.807, 2.05) is 13.8 Å². The molecule has 1 atom stereocenters. The van der Waals surface area contributed by atoms with E-state index >= 15 is 0 Å². The van der Waals surface area contributed by atoms with Gasteiger partial charge in [0.25, 0.3) is 0 Å². The molecule has 66 valence electrons. The van der Waals surface area contributed by atoms with Crippen molar-refractivity contribution in [2.45, 2.75) is 19.9 Å². The van der Waals surface area contributed by atoms with Crippen LogP contribution >= 0.6 is 0 Å². The number of hydrogen-bond donors (Lipinski definition) is 3. The molecule has 0 saturated carbocycles. The smallest absolute Gasteiger partial charge is 0.323 e. The maximum absolute atomic E-state index is 10.3. The Labute approximate surface area is 66.2 Å². The van der Waals surface area contributed by atoms with Gasteiger partial charge in [-0.15, -0.1) is 0 Å². The van der Waals surface area contributed by atoms with Gasteiger partial charge in [0.2, 0.25) is 0 Å². The lowest BCUT2D eigenvalue weighted by atomic mass is 10.2. The fraction of sp³-hybridized carbons (Fsp3) is 0.857. The second-order valence-electron chi connectivity index (χ2n) is 2.88. The van der Waals surface area contributed by atoms with E-state index in [-0.39, 0.29) is 6.61 Å². The monoisotopic (exact) mass is 161 g/mol. The van der Waals surface area contributed by atoms with Crippen LogP contribution < -0.4 is 5.32 Å². The molecule has 0 rings (SSSR count). The molecule has 0 aromatic rings. The van der Waals surface area contributed by atoms with Crippen molar-refractivity contribution in [2.75, 3.05) is 13.2 Å². The summed E-state index contributed by atoms with van der Waals surface area (Å²) < 4.78 is 0. The molecule has 4 heteroatoms. The fourth-order valence-corrected chi connectivity index (χ4v) is 0.608. The van der Waals surface area contributed by atoms with Gasteiger partial charge < -0.3 is 15.5 Å². The Balaban J connectivity index is 3.61. The van der Waals surface area contributed by atoms with Crippen molar-refractivity contribution in [2.24, 2.45) is 5.92 Å². The number of nitrogens with one attached hydrogen (secondary N) is 1. The van der Waals surface area contributed by atoms with Crippen molar-refractivity contribution in [3.8, 4) is 0 Å². The van der Waals surface area contributed by atoms with Crippen LogP contribution in [-0.4, -0.2) is 35.4 Å². The van der Waals surface area contributed by atoms with E-state index in [1.165, 1.54) is 0 Å². The Kier molecular flexibility index (Phi) is 4.81. The third-order valence-electron chi connectivity index (χ3n) is 1.25. The first-order chi connectivity index (χ1) is 5.07. The predicted octanol–water partition coefficient (Wildman–Crippen LogP) is -0.323. The summed E-state index contributed by atoms with van der Waals surface area (Å²) in [5.41, 5.74) is 0. The Morgan fingerprint density at radius 2 is 2.09 bits per heavy atom. The Morgan fingerprint density at radius 1 is 1.55 bits per heavy atom. The van der Waals surface area contributed by atoms with Gasteiger partial charge in [-0.05, 0) is 12.5 Å². The van der Waals surface area contributed by atoms with Crippen molar-refractivity contribution in [1.29, 1.82) is 0 Å². The molecule has 0 aliphatic rings. The maximum Gasteiger partial charge on any atom is 0.323 e. The van der Waals surface area contributed by atoms with Gasteiger partial charge in [0.15, 0.2) is 0 Å². The van der Waals surface area contributed by atoms with E-state index in [0.717, 1.165) is 0 Å². The zero-order valence-electron chi connectivity index (χ0n) is 6.87. The molecule has 0 spiro atoms. The van der Waals surface area contributed by atoms with Gasteiger partial charge in [-0.3, -0.25) is 4.79 Å². The Morgan fingerprint density at radius 3 is 2.36 bits per heavy atom. The van der Waals surface area contributed by atoms with Crippen LogP contribution in [-0.2, 0) is 4.79 Å². The molecule has 0 amide bonds. The van der Waals surface area contributed by atoms with Crippen LogP contribution in [0.2, 0.25) is 0 Å². The first kappa shape index (κ1) is 10.4. The summed E-state index contributed by atoms with van der Waals surface area (Å²) in [5, 5.41) is 19.7. The summed E-state index contributed by atoms with van der Waals surface area (Å²) in [5.74, 6) is -0.614. The summed E-state index contributed by atoms with van der Waals surface area (Å²) in [7, 11) is 0. The number of aliphatic hydroxyl groups excluding tert-OH is 1. The van der Waals surface area contributed by atoms with Gasteiger partial charge in [0.1, 0.15) is 6.04 Å². The zero-order chi connectivity index (χ0) is 8.85.